The molecule has 3 N–H and O–H groups in total. The Morgan fingerprint density at radius 2 is 1.91 bits per heavy atom. The van der Waals surface area contributed by atoms with Crippen molar-refractivity contribution in [3.63, 3.8) is 0 Å². The van der Waals surface area contributed by atoms with Crippen LogP contribution >= 0.6 is 11.6 Å². The molecule has 0 bridgehead atoms. The Bertz CT molecular complexity index is 733. The summed E-state index contributed by atoms with van der Waals surface area (Å²) in [5, 5.41) is 9.13. The molecule has 1 heterocycles. The third kappa shape index (κ3) is 3.20. The smallest absolute Gasteiger partial charge is 0.247 e. The highest BCUT2D eigenvalue weighted by molar-refractivity contribution is 6.30. The zero-order valence-electron chi connectivity index (χ0n) is 11.6. The fourth-order valence-corrected chi connectivity index (χ4v) is 2.49. The summed E-state index contributed by atoms with van der Waals surface area (Å²) in [6.45, 7) is 0. The van der Waals surface area contributed by atoms with Crippen LogP contribution in [0, 0.1) is 0 Å². The van der Waals surface area contributed by atoms with E-state index in [9.17, 15) is 9.59 Å². The predicted octanol–water partition coefficient (Wildman–Crippen LogP) is 3.10. The van der Waals surface area contributed by atoms with E-state index in [0.717, 1.165) is 11.4 Å². The third-order valence-electron chi connectivity index (χ3n) is 3.33. The first-order valence-corrected chi connectivity index (χ1v) is 7.21. The fraction of sp³-hybridized carbons (Fsp3) is 0.125. The maximum atomic E-state index is 12.1. The van der Waals surface area contributed by atoms with Gasteiger partial charge in [0.2, 0.25) is 11.8 Å². The molecule has 0 spiro atoms. The minimum absolute atomic E-state index is 0.0344. The lowest BCUT2D eigenvalue weighted by Gasteiger charge is -2.26. The summed E-state index contributed by atoms with van der Waals surface area (Å²) in [5.41, 5.74) is 2.13. The third-order valence-corrected chi connectivity index (χ3v) is 3.56. The topological polar surface area (TPSA) is 70.2 Å². The second kappa shape index (κ2) is 6.07. The molecule has 5 nitrogen and oxygen atoms in total. The van der Waals surface area contributed by atoms with Crippen LogP contribution in [0.2, 0.25) is 5.02 Å². The monoisotopic (exact) mass is 315 g/mol. The Labute approximate surface area is 132 Å². The van der Waals surface area contributed by atoms with E-state index < -0.39 is 6.04 Å². The van der Waals surface area contributed by atoms with Crippen molar-refractivity contribution in [1.82, 2.24) is 0 Å². The molecule has 0 radical (unpaired) electrons. The van der Waals surface area contributed by atoms with E-state index in [-0.39, 0.29) is 18.2 Å². The summed E-state index contributed by atoms with van der Waals surface area (Å²) < 4.78 is 0. The number of halogens is 1. The summed E-state index contributed by atoms with van der Waals surface area (Å²) in [6.07, 6.45) is 0.0344. The van der Waals surface area contributed by atoms with Gasteiger partial charge in [0.25, 0.3) is 0 Å². The Kier molecular flexibility index (Phi) is 3.98. The maximum Gasteiger partial charge on any atom is 0.247 e. The summed E-state index contributed by atoms with van der Waals surface area (Å²) in [6, 6.07) is 13.6. The van der Waals surface area contributed by atoms with Crippen LogP contribution in [0.3, 0.4) is 0 Å². The van der Waals surface area contributed by atoms with Crippen LogP contribution in [0.1, 0.15) is 6.42 Å². The van der Waals surface area contributed by atoms with Crippen molar-refractivity contribution < 1.29 is 9.59 Å². The van der Waals surface area contributed by atoms with Gasteiger partial charge in [0, 0.05) is 10.7 Å². The molecule has 0 saturated heterocycles. The van der Waals surface area contributed by atoms with Gasteiger partial charge in [-0.25, -0.2) is 0 Å². The molecule has 0 unspecified atom stereocenters. The summed E-state index contributed by atoms with van der Waals surface area (Å²) in [7, 11) is 0. The Balaban J connectivity index is 1.66. The molecule has 6 heteroatoms. The molecule has 0 aliphatic carbocycles. The van der Waals surface area contributed by atoms with Crippen LogP contribution in [0.15, 0.2) is 48.5 Å². The molecule has 2 aromatic rings. The quantitative estimate of drug-likeness (QED) is 0.815. The first-order valence-electron chi connectivity index (χ1n) is 6.84. The van der Waals surface area contributed by atoms with Gasteiger partial charge in [-0.2, -0.15) is 0 Å². The van der Waals surface area contributed by atoms with Crippen molar-refractivity contribution in [2.75, 3.05) is 16.0 Å². The lowest BCUT2D eigenvalue weighted by molar-refractivity contribution is -0.122. The molecule has 2 amide bonds. The van der Waals surface area contributed by atoms with Gasteiger partial charge < -0.3 is 16.0 Å². The molecule has 0 fully saturated rings. The van der Waals surface area contributed by atoms with Crippen LogP contribution in [0.4, 0.5) is 17.1 Å². The highest BCUT2D eigenvalue weighted by atomic mass is 35.5. The number of para-hydroxylation sites is 2. The van der Waals surface area contributed by atoms with Crippen molar-refractivity contribution in [2.45, 2.75) is 12.5 Å². The number of hydrogen-bond acceptors (Lipinski definition) is 3. The second-order valence-electron chi connectivity index (χ2n) is 4.99. The van der Waals surface area contributed by atoms with Gasteiger partial charge in [0.1, 0.15) is 6.04 Å². The minimum atomic E-state index is -0.603. The molecule has 1 atom stereocenters. The highest BCUT2D eigenvalue weighted by Crippen LogP contribution is 2.26. The normalized spacial score (nSPS) is 16.2. The molecular formula is C16H14ClN3O2. The molecule has 2 aromatic carbocycles. The number of amides is 2. The number of nitrogens with one attached hydrogen (secondary N) is 3. The van der Waals surface area contributed by atoms with Crippen molar-refractivity contribution in [3.8, 4) is 0 Å². The van der Waals surface area contributed by atoms with Crippen molar-refractivity contribution >= 4 is 40.5 Å². The minimum Gasteiger partial charge on any atom is -0.372 e. The molecule has 0 aromatic heterocycles. The Morgan fingerprint density at radius 1 is 1.14 bits per heavy atom. The van der Waals surface area contributed by atoms with Gasteiger partial charge in [-0.05, 0) is 30.3 Å². The number of hydrogen-bond donors (Lipinski definition) is 3. The molecule has 0 saturated carbocycles. The number of anilines is 3. The van der Waals surface area contributed by atoms with Gasteiger partial charge in [0.05, 0.1) is 17.8 Å². The van der Waals surface area contributed by atoms with Gasteiger partial charge in [-0.3, -0.25) is 9.59 Å². The molecule has 22 heavy (non-hydrogen) atoms. The summed E-state index contributed by atoms with van der Waals surface area (Å²) >= 11 is 5.87. The largest absolute Gasteiger partial charge is 0.372 e. The lowest BCUT2D eigenvalue weighted by atomic mass is 10.1. The van der Waals surface area contributed by atoms with E-state index in [4.69, 9.17) is 11.6 Å². The number of fused-ring (bicyclic) bond motifs is 1. The zero-order valence-corrected chi connectivity index (χ0v) is 12.4. The van der Waals surface area contributed by atoms with E-state index in [2.05, 4.69) is 16.0 Å². The standard InChI is InChI=1S/C16H14ClN3O2/c17-10-4-3-5-11(8-10)18-15(21)9-14-16(22)20-13-7-2-1-6-12(13)19-14/h1-8,14,19H,9H2,(H,18,21)(H,20,22)/t14-/m0/s1. The van der Waals surface area contributed by atoms with E-state index in [0.29, 0.717) is 10.7 Å². The highest BCUT2D eigenvalue weighted by Gasteiger charge is 2.27. The molecule has 1 aliphatic heterocycles. The summed E-state index contributed by atoms with van der Waals surface area (Å²) in [5.74, 6) is -0.478. The number of benzene rings is 2. The van der Waals surface area contributed by atoms with E-state index >= 15 is 0 Å². The van der Waals surface area contributed by atoms with Crippen molar-refractivity contribution in [1.29, 1.82) is 0 Å². The van der Waals surface area contributed by atoms with Gasteiger partial charge in [-0.15, -0.1) is 0 Å². The zero-order chi connectivity index (χ0) is 15.5. The molecule has 3 rings (SSSR count). The van der Waals surface area contributed by atoms with Crippen LogP contribution < -0.4 is 16.0 Å². The van der Waals surface area contributed by atoms with Crippen molar-refractivity contribution in [3.05, 3.63) is 53.6 Å². The van der Waals surface area contributed by atoms with Crippen LogP contribution in [-0.2, 0) is 9.59 Å². The number of carbonyl (C=O) groups excluding carboxylic acids is 2. The van der Waals surface area contributed by atoms with Crippen LogP contribution in [0.5, 0.6) is 0 Å². The van der Waals surface area contributed by atoms with Crippen LogP contribution in [0.25, 0.3) is 0 Å². The number of carbonyl (C=O) groups is 2. The first-order chi connectivity index (χ1) is 10.6. The predicted molar refractivity (Wildman–Crippen MR) is 87.2 cm³/mol. The van der Waals surface area contributed by atoms with E-state index in [1.165, 1.54) is 0 Å². The maximum absolute atomic E-state index is 12.1. The van der Waals surface area contributed by atoms with Gasteiger partial charge in [-0.1, -0.05) is 29.8 Å². The molecular weight excluding hydrogens is 302 g/mol. The average Bonchev–Trinajstić information content (AvgIpc) is 2.48. The van der Waals surface area contributed by atoms with Crippen LogP contribution in [-0.4, -0.2) is 17.9 Å². The average molecular weight is 316 g/mol. The molecule has 112 valence electrons. The van der Waals surface area contributed by atoms with Crippen molar-refractivity contribution in [2.24, 2.45) is 0 Å². The Morgan fingerprint density at radius 3 is 2.68 bits per heavy atom. The van der Waals surface area contributed by atoms with Gasteiger partial charge >= 0.3 is 0 Å². The van der Waals surface area contributed by atoms with E-state index in [1.54, 1.807) is 24.3 Å². The first kappa shape index (κ1) is 14.4. The fourth-order valence-electron chi connectivity index (χ4n) is 2.30. The second-order valence-corrected chi connectivity index (χ2v) is 5.43. The Hall–Kier alpha value is -2.53. The SMILES string of the molecule is O=C(C[C@@H]1Nc2ccccc2NC1=O)Nc1cccc(Cl)c1. The van der Waals surface area contributed by atoms with E-state index in [1.807, 2.05) is 24.3 Å². The van der Waals surface area contributed by atoms with Gasteiger partial charge in [0.15, 0.2) is 0 Å². The molecule has 1 aliphatic rings. The number of rotatable bonds is 3. The lowest BCUT2D eigenvalue weighted by Crippen LogP contribution is -2.41. The summed E-state index contributed by atoms with van der Waals surface area (Å²) in [4.78, 5) is 24.1.